The van der Waals surface area contributed by atoms with E-state index in [9.17, 15) is 0 Å². The lowest BCUT2D eigenvalue weighted by molar-refractivity contribution is -0.159. The van der Waals surface area contributed by atoms with E-state index in [1.165, 1.54) is 5.56 Å². The molecule has 1 aromatic heterocycles. The minimum Gasteiger partial charge on any atom is -0.493 e. The summed E-state index contributed by atoms with van der Waals surface area (Å²) in [6, 6.07) is 12.2. The summed E-state index contributed by atoms with van der Waals surface area (Å²) in [6.45, 7) is 9.18. The van der Waals surface area contributed by atoms with E-state index in [1.807, 2.05) is 18.2 Å². The van der Waals surface area contributed by atoms with Gasteiger partial charge < -0.3 is 24.7 Å². The van der Waals surface area contributed by atoms with Crippen LogP contribution in [-0.4, -0.2) is 35.3 Å². The zero-order chi connectivity index (χ0) is 21.0. The van der Waals surface area contributed by atoms with Gasteiger partial charge >= 0.3 is 11.9 Å². The highest BCUT2D eigenvalue weighted by atomic mass is 16.5. The molecule has 1 heterocycles. The van der Waals surface area contributed by atoms with E-state index in [2.05, 4.69) is 44.3 Å². The van der Waals surface area contributed by atoms with Gasteiger partial charge in [0.1, 0.15) is 11.5 Å². The second-order valence-corrected chi connectivity index (χ2v) is 7.17. The van der Waals surface area contributed by atoms with Crippen molar-refractivity contribution in [2.45, 2.75) is 45.6 Å². The standard InChI is InChI=1S/C19H27NO2.C2H2O4/c1-19(2,3)17-10-4-5-11-18(17)22-13-7-6-12-20-15-16-9-8-14-21-16;3-1(4)2(5)6/h4-5,8-11,14,20H,6-7,12-13,15H2,1-3H3;(H,3,4)(H,5,6). The predicted molar refractivity (Wildman–Crippen MR) is 106 cm³/mol. The van der Waals surface area contributed by atoms with Gasteiger partial charge in [0, 0.05) is 0 Å². The SMILES string of the molecule is CC(C)(C)c1ccccc1OCCCCNCc1ccco1.O=C(O)C(=O)O. The number of hydrogen-bond donors (Lipinski definition) is 3. The molecule has 7 heteroatoms. The fraction of sp³-hybridized carbons (Fsp3) is 0.429. The smallest absolute Gasteiger partial charge is 0.414 e. The maximum atomic E-state index is 9.10. The first kappa shape index (κ1) is 23.2. The average Bonchev–Trinajstić information content (AvgIpc) is 3.14. The number of unbranched alkanes of at least 4 members (excludes halogenated alkanes) is 1. The van der Waals surface area contributed by atoms with Crippen molar-refractivity contribution >= 4 is 11.9 Å². The monoisotopic (exact) mass is 391 g/mol. The fourth-order valence-electron chi connectivity index (χ4n) is 2.37. The Morgan fingerprint density at radius 3 is 2.29 bits per heavy atom. The van der Waals surface area contributed by atoms with Crippen LogP contribution in [0.5, 0.6) is 5.75 Å². The van der Waals surface area contributed by atoms with Crippen LogP contribution in [0.2, 0.25) is 0 Å². The van der Waals surface area contributed by atoms with Gasteiger partial charge in [-0.3, -0.25) is 0 Å². The maximum absolute atomic E-state index is 9.10. The van der Waals surface area contributed by atoms with E-state index >= 15 is 0 Å². The van der Waals surface area contributed by atoms with Crippen molar-refractivity contribution in [3.8, 4) is 5.75 Å². The van der Waals surface area contributed by atoms with Crippen LogP contribution in [0.25, 0.3) is 0 Å². The second kappa shape index (κ2) is 11.8. The second-order valence-electron chi connectivity index (χ2n) is 7.17. The summed E-state index contributed by atoms with van der Waals surface area (Å²) in [6.07, 6.45) is 3.85. The maximum Gasteiger partial charge on any atom is 0.414 e. The van der Waals surface area contributed by atoms with Crippen LogP contribution < -0.4 is 10.1 Å². The quantitative estimate of drug-likeness (QED) is 0.465. The van der Waals surface area contributed by atoms with Gasteiger partial charge in [0.25, 0.3) is 0 Å². The van der Waals surface area contributed by atoms with E-state index in [0.717, 1.165) is 44.0 Å². The highest BCUT2D eigenvalue weighted by molar-refractivity contribution is 6.27. The van der Waals surface area contributed by atoms with Gasteiger partial charge in [-0.1, -0.05) is 39.0 Å². The fourth-order valence-corrected chi connectivity index (χ4v) is 2.37. The molecule has 2 rings (SSSR count). The number of hydrogen-bond acceptors (Lipinski definition) is 5. The van der Waals surface area contributed by atoms with Crippen LogP contribution in [0.15, 0.2) is 47.1 Å². The number of ether oxygens (including phenoxy) is 1. The average molecular weight is 391 g/mol. The van der Waals surface area contributed by atoms with E-state index in [-0.39, 0.29) is 5.41 Å². The Hall–Kier alpha value is -2.80. The number of aliphatic carboxylic acids is 2. The molecule has 154 valence electrons. The molecule has 1 aromatic carbocycles. The summed E-state index contributed by atoms with van der Waals surface area (Å²) in [5.41, 5.74) is 1.38. The number of benzene rings is 1. The highest BCUT2D eigenvalue weighted by Gasteiger charge is 2.18. The predicted octanol–water partition coefficient (Wildman–Crippen LogP) is 3.68. The number of carboxylic acid groups (broad SMARTS) is 2. The highest BCUT2D eigenvalue weighted by Crippen LogP contribution is 2.30. The molecule has 0 atom stereocenters. The molecule has 0 bridgehead atoms. The summed E-state index contributed by atoms with van der Waals surface area (Å²) in [7, 11) is 0. The third-order valence-corrected chi connectivity index (χ3v) is 3.76. The third kappa shape index (κ3) is 9.23. The van der Waals surface area contributed by atoms with Gasteiger partial charge in [-0.05, 0) is 48.6 Å². The number of furan rings is 1. The van der Waals surface area contributed by atoms with Crippen molar-refractivity contribution in [1.82, 2.24) is 5.32 Å². The van der Waals surface area contributed by atoms with E-state index in [4.69, 9.17) is 29.0 Å². The third-order valence-electron chi connectivity index (χ3n) is 3.76. The Bertz CT molecular complexity index is 707. The van der Waals surface area contributed by atoms with Gasteiger partial charge in [0.15, 0.2) is 0 Å². The zero-order valence-electron chi connectivity index (χ0n) is 16.6. The molecule has 0 aliphatic carbocycles. The lowest BCUT2D eigenvalue weighted by Crippen LogP contribution is -2.16. The lowest BCUT2D eigenvalue weighted by atomic mass is 9.86. The molecule has 0 aliphatic rings. The molecule has 7 nitrogen and oxygen atoms in total. The summed E-state index contributed by atoms with van der Waals surface area (Å²) in [5.74, 6) is -1.65. The van der Waals surface area contributed by atoms with Gasteiger partial charge in [-0.15, -0.1) is 0 Å². The van der Waals surface area contributed by atoms with Crippen molar-refractivity contribution in [2.75, 3.05) is 13.2 Å². The van der Waals surface area contributed by atoms with E-state index < -0.39 is 11.9 Å². The van der Waals surface area contributed by atoms with Crippen LogP contribution >= 0.6 is 0 Å². The molecule has 0 amide bonds. The van der Waals surface area contributed by atoms with Crippen molar-refractivity contribution < 1.29 is 29.0 Å². The summed E-state index contributed by atoms with van der Waals surface area (Å²) in [5, 5.41) is 18.2. The molecule has 0 radical (unpaired) electrons. The minimum absolute atomic E-state index is 0.112. The Kier molecular flexibility index (Phi) is 9.81. The van der Waals surface area contributed by atoms with Crippen LogP contribution in [0.1, 0.15) is 44.9 Å². The van der Waals surface area contributed by atoms with Crippen LogP contribution in [-0.2, 0) is 21.5 Å². The van der Waals surface area contributed by atoms with Crippen LogP contribution in [0.3, 0.4) is 0 Å². The number of rotatable bonds is 8. The molecule has 0 spiro atoms. The Morgan fingerprint density at radius 2 is 1.71 bits per heavy atom. The molecule has 3 N–H and O–H groups in total. The Labute approximate surface area is 165 Å². The topological polar surface area (TPSA) is 109 Å². The first-order valence-electron chi connectivity index (χ1n) is 9.13. The number of carboxylic acids is 2. The van der Waals surface area contributed by atoms with Gasteiger partial charge in [0.2, 0.25) is 0 Å². The number of nitrogens with one attached hydrogen (secondary N) is 1. The Morgan fingerprint density at radius 1 is 1.04 bits per heavy atom. The van der Waals surface area contributed by atoms with Crippen LogP contribution in [0, 0.1) is 0 Å². The van der Waals surface area contributed by atoms with E-state index in [0.29, 0.717) is 0 Å². The van der Waals surface area contributed by atoms with Gasteiger partial charge in [-0.25, -0.2) is 9.59 Å². The molecule has 2 aromatic rings. The van der Waals surface area contributed by atoms with Gasteiger partial charge in [0.05, 0.1) is 19.4 Å². The van der Waals surface area contributed by atoms with E-state index in [1.54, 1.807) is 6.26 Å². The Balaban J connectivity index is 0.000000568. The molecule has 0 aliphatic heterocycles. The normalized spacial score (nSPS) is 10.7. The molecule has 0 saturated heterocycles. The molecular weight excluding hydrogens is 362 g/mol. The molecule has 0 fully saturated rings. The first-order valence-corrected chi connectivity index (χ1v) is 9.13. The van der Waals surface area contributed by atoms with Crippen molar-refractivity contribution in [3.05, 3.63) is 54.0 Å². The number of carbonyl (C=O) groups is 2. The summed E-state index contributed by atoms with van der Waals surface area (Å²) >= 11 is 0. The molecule has 0 saturated carbocycles. The van der Waals surface area contributed by atoms with Crippen molar-refractivity contribution in [2.24, 2.45) is 0 Å². The summed E-state index contributed by atoms with van der Waals surface area (Å²) in [4.78, 5) is 18.2. The minimum atomic E-state index is -1.82. The molecule has 0 unspecified atom stereocenters. The van der Waals surface area contributed by atoms with Gasteiger partial charge in [-0.2, -0.15) is 0 Å². The summed E-state index contributed by atoms with van der Waals surface area (Å²) < 4.78 is 11.2. The lowest BCUT2D eigenvalue weighted by Gasteiger charge is -2.22. The first-order chi connectivity index (χ1) is 13.2. The van der Waals surface area contributed by atoms with Crippen LogP contribution in [0.4, 0.5) is 0 Å². The molecule has 28 heavy (non-hydrogen) atoms. The largest absolute Gasteiger partial charge is 0.493 e. The zero-order valence-corrected chi connectivity index (χ0v) is 16.6. The van der Waals surface area contributed by atoms with Crippen molar-refractivity contribution in [3.63, 3.8) is 0 Å². The van der Waals surface area contributed by atoms with Crippen molar-refractivity contribution in [1.29, 1.82) is 0 Å². The molecular formula is C21H29NO6. The number of para-hydroxylation sites is 1.